The van der Waals surface area contributed by atoms with Gasteiger partial charge in [-0.15, -0.1) is 0 Å². The lowest BCUT2D eigenvalue weighted by molar-refractivity contribution is -0.149. The van der Waals surface area contributed by atoms with Crippen molar-refractivity contribution in [2.24, 2.45) is 11.3 Å². The van der Waals surface area contributed by atoms with Gasteiger partial charge in [0.15, 0.2) is 0 Å². The summed E-state index contributed by atoms with van der Waals surface area (Å²) in [5.41, 5.74) is -0.796. The first-order chi connectivity index (χ1) is 12.9. The van der Waals surface area contributed by atoms with Crippen molar-refractivity contribution in [1.82, 2.24) is 9.80 Å². The molecule has 1 saturated carbocycles. The van der Waals surface area contributed by atoms with E-state index in [0.717, 1.165) is 25.0 Å². The number of hydrogen-bond donors (Lipinski definition) is 1. The van der Waals surface area contributed by atoms with Crippen LogP contribution in [0.1, 0.15) is 31.2 Å². The molecule has 0 bridgehead atoms. The van der Waals surface area contributed by atoms with Crippen molar-refractivity contribution in [3.63, 3.8) is 0 Å². The maximum Gasteiger partial charge on any atom is 0.313 e. The Morgan fingerprint density at radius 2 is 1.89 bits per heavy atom. The molecule has 3 fully saturated rings. The van der Waals surface area contributed by atoms with Gasteiger partial charge >= 0.3 is 5.97 Å². The lowest BCUT2D eigenvalue weighted by Crippen LogP contribution is -2.43. The minimum absolute atomic E-state index is 0.0994. The van der Waals surface area contributed by atoms with Gasteiger partial charge in [0.25, 0.3) is 0 Å². The Morgan fingerprint density at radius 1 is 1.15 bits per heavy atom. The molecule has 7 heteroatoms. The predicted molar refractivity (Wildman–Crippen MR) is 94.0 cm³/mol. The molecule has 3 aliphatic rings. The van der Waals surface area contributed by atoms with Crippen LogP contribution in [-0.2, 0) is 16.0 Å². The van der Waals surface area contributed by atoms with Crippen LogP contribution in [0.5, 0.6) is 0 Å². The number of amides is 1. The van der Waals surface area contributed by atoms with Crippen LogP contribution >= 0.6 is 0 Å². The molecule has 2 aliphatic heterocycles. The Kier molecular flexibility index (Phi) is 4.66. The van der Waals surface area contributed by atoms with E-state index in [2.05, 4.69) is 4.90 Å². The van der Waals surface area contributed by atoms with Gasteiger partial charge in [-0.05, 0) is 24.5 Å². The second-order valence-electron chi connectivity index (χ2n) is 8.21. The van der Waals surface area contributed by atoms with Crippen LogP contribution in [0.15, 0.2) is 18.2 Å². The molecule has 1 amide bonds. The van der Waals surface area contributed by atoms with Crippen LogP contribution in [0.4, 0.5) is 8.78 Å². The third-order valence-electron chi connectivity index (χ3n) is 6.61. The van der Waals surface area contributed by atoms with E-state index in [1.165, 1.54) is 18.9 Å². The summed E-state index contributed by atoms with van der Waals surface area (Å²) in [7, 11) is 0. The molecule has 0 radical (unpaired) electrons. The summed E-state index contributed by atoms with van der Waals surface area (Å²) in [6, 6.07) is 3.63. The van der Waals surface area contributed by atoms with E-state index in [4.69, 9.17) is 0 Å². The van der Waals surface area contributed by atoms with E-state index >= 15 is 0 Å². The fourth-order valence-electron chi connectivity index (χ4n) is 5.08. The van der Waals surface area contributed by atoms with Crippen molar-refractivity contribution in [3.05, 3.63) is 35.4 Å². The maximum atomic E-state index is 13.8. The van der Waals surface area contributed by atoms with Crippen LogP contribution in [0.2, 0.25) is 0 Å². The van der Waals surface area contributed by atoms with E-state index in [9.17, 15) is 23.5 Å². The zero-order valence-corrected chi connectivity index (χ0v) is 15.2. The Hall–Kier alpha value is -2.02. The lowest BCUT2D eigenvalue weighted by atomic mass is 9.81. The average molecular weight is 378 g/mol. The van der Waals surface area contributed by atoms with Crippen LogP contribution in [0, 0.1) is 23.0 Å². The number of benzene rings is 1. The van der Waals surface area contributed by atoms with E-state index in [1.807, 2.05) is 0 Å². The maximum absolute atomic E-state index is 13.8. The van der Waals surface area contributed by atoms with Gasteiger partial charge in [0.2, 0.25) is 5.91 Å². The fraction of sp³-hybridized carbons (Fsp3) is 0.600. The monoisotopic (exact) mass is 378 g/mol. The number of carbonyl (C=O) groups excluding carboxylic acids is 1. The normalized spacial score (nSPS) is 28.7. The molecule has 4 rings (SSSR count). The second kappa shape index (κ2) is 6.86. The molecule has 5 nitrogen and oxygen atoms in total. The topological polar surface area (TPSA) is 60.9 Å². The Balaban J connectivity index is 1.46. The van der Waals surface area contributed by atoms with Crippen LogP contribution in [-0.4, -0.2) is 59.0 Å². The zero-order chi connectivity index (χ0) is 19.2. The Bertz CT molecular complexity index is 766. The molecule has 2 saturated heterocycles. The third-order valence-corrected chi connectivity index (χ3v) is 6.61. The van der Waals surface area contributed by atoms with Gasteiger partial charge in [-0.3, -0.25) is 14.5 Å². The molecule has 0 unspecified atom stereocenters. The number of carbonyl (C=O) groups is 2. The Morgan fingerprint density at radius 3 is 2.52 bits per heavy atom. The highest BCUT2D eigenvalue weighted by atomic mass is 19.1. The Labute approximate surface area is 156 Å². The number of nitrogens with zero attached hydrogens (tertiary/aromatic N) is 2. The highest BCUT2D eigenvalue weighted by Crippen LogP contribution is 2.45. The number of carboxylic acid groups (broad SMARTS) is 1. The summed E-state index contributed by atoms with van der Waals surface area (Å²) in [6.07, 6.45) is 4.45. The van der Waals surface area contributed by atoms with Crippen molar-refractivity contribution in [3.8, 4) is 0 Å². The molecule has 2 atom stereocenters. The van der Waals surface area contributed by atoms with E-state index in [0.29, 0.717) is 25.7 Å². The lowest BCUT2D eigenvalue weighted by Gasteiger charge is -2.28. The van der Waals surface area contributed by atoms with Gasteiger partial charge in [0, 0.05) is 44.2 Å². The molecule has 27 heavy (non-hydrogen) atoms. The molecular formula is C20H24F2N2O3. The van der Waals surface area contributed by atoms with Gasteiger partial charge in [-0.25, -0.2) is 8.78 Å². The minimum atomic E-state index is -0.931. The third kappa shape index (κ3) is 3.22. The van der Waals surface area contributed by atoms with Crippen molar-refractivity contribution >= 4 is 11.9 Å². The molecule has 0 aromatic heterocycles. The molecule has 2 heterocycles. The molecule has 1 aliphatic carbocycles. The number of rotatable bonds is 4. The summed E-state index contributed by atoms with van der Waals surface area (Å²) < 4.78 is 26.9. The fourth-order valence-corrected chi connectivity index (χ4v) is 5.08. The highest BCUT2D eigenvalue weighted by Gasteiger charge is 2.59. The first-order valence-corrected chi connectivity index (χ1v) is 9.58. The van der Waals surface area contributed by atoms with E-state index < -0.39 is 23.0 Å². The first-order valence-electron chi connectivity index (χ1n) is 9.58. The summed E-state index contributed by atoms with van der Waals surface area (Å²) in [5, 5.41) is 9.93. The molecule has 1 aromatic carbocycles. The first kappa shape index (κ1) is 18.3. The average Bonchev–Trinajstić information content (AvgIpc) is 3.30. The highest BCUT2D eigenvalue weighted by molar-refractivity contribution is 5.83. The SMILES string of the molecule is O=C(Cc1ccc(F)cc1F)N1C[C@@H]2CN(C3CCCC3)C[C@]2(C(=O)O)C1. The smallest absolute Gasteiger partial charge is 0.313 e. The summed E-state index contributed by atoms with van der Waals surface area (Å²) in [4.78, 5) is 28.6. The quantitative estimate of drug-likeness (QED) is 0.873. The van der Waals surface area contributed by atoms with Crippen molar-refractivity contribution in [1.29, 1.82) is 0 Å². The number of hydrogen-bond acceptors (Lipinski definition) is 3. The minimum Gasteiger partial charge on any atom is -0.481 e. The largest absolute Gasteiger partial charge is 0.481 e. The molecular weight excluding hydrogens is 354 g/mol. The second-order valence-corrected chi connectivity index (χ2v) is 8.21. The van der Waals surface area contributed by atoms with Gasteiger partial charge in [0.05, 0.1) is 6.42 Å². The van der Waals surface area contributed by atoms with Crippen molar-refractivity contribution in [2.45, 2.75) is 38.1 Å². The number of carboxylic acids is 1. The summed E-state index contributed by atoms with van der Waals surface area (Å²) in [5.74, 6) is -2.68. The summed E-state index contributed by atoms with van der Waals surface area (Å²) in [6.45, 7) is 1.73. The predicted octanol–water partition coefficient (Wildman–Crippen LogP) is 2.29. The van der Waals surface area contributed by atoms with E-state index in [-0.39, 0.29) is 30.4 Å². The zero-order valence-electron chi connectivity index (χ0n) is 15.2. The van der Waals surface area contributed by atoms with Crippen LogP contribution in [0.25, 0.3) is 0 Å². The van der Waals surface area contributed by atoms with Gasteiger partial charge in [-0.1, -0.05) is 18.9 Å². The van der Waals surface area contributed by atoms with Gasteiger partial charge in [0.1, 0.15) is 17.0 Å². The number of halogens is 2. The standard InChI is InChI=1S/C20H24F2N2O3/c21-15-6-5-13(17(22)8-15)7-18(25)24-10-14-9-23(16-3-1-2-4-16)11-20(14,12-24)19(26)27/h5-6,8,14,16H,1-4,7,9-12H2,(H,26,27)/t14-,20-/m0/s1. The van der Waals surface area contributed by atoms with Gasteiger partial charge < -0.3 is 10.0 Å². The molecule has 1 aromatic rings. The molecule has 0 spiro atoms. The van der Waals surface area contributed by atoms with Crippen LogP contribution < -0.4 is 0 Å². The van der Waals surface area contributed by atoms with E-state index in [1.54, 1.807) is 4.90 Å². The number of fused-ring (bicyclic) bond motifs is 1. The number of likely N-dealkylation sites (tertiary alicyclic amines) is 2. The van der Waals surface area contributed by atoms with Crippen LogP contribution in [0.3, 0.4) is 0 Å². The summed E-state index contributed by atoms with van der Waals surface area (Å²) >= 11 is 0. The molecule has 1 N–H and O–H groups in total. The molecule has 146 valence electrons. The van der Waals surface area contributed by atoms with Gasteiger partial charge in [-0.2, -0.15) is 0 Å². The van der Waals surface area contributed by atoms with Crippen molar-refractivity contribution < 1.29 is 23.5 Å². The number of aliphatic carboxylic acids is 1. The van der Waals surface area contributed by atoms with Crippen molar-refractivity contribution in [2.75, 3.05) is 26.2 Å².